The molecular weight excluding hydrogens is 188 g/mol. The van der Waals surface area contributed by atoms with Gasteiger partial charge in [0.25, 0.3) is 0 Å². The molecular formula is C12H28N2O. The van der Waals surface area contributed by atoms with Crippen molar-refractivity contribution in [2.75, 3.05) is 39.9 Å². The van der Waals surface area contributed by atoms with Gasteiger partial charge < -0.3 is 10.1 Å². The molecule has 0 aromatic heterocycles. The van der Waals surface area contributed by atoms with Crippen molar-refractivity contribution in [3.05, 3.63) is 0 Å². The predicted molar refractivity (Wildman–Crippen MR) is 66.4 cm³/mol. The molecule has 92 valence electrons. The number of likely N-dealkylation sites (N-methyl/N-ethyl adjacent to an activating group) is 1. The number of nitrogens with zero attached hydrogens (tertiary/aromatic N) is 1. The molecule has 0 aliphatic rings. The van der Waals surface area contributed by atoms with Gasteiger partial charge in [0.05, 0.1) is 6.61 Å². The molecule has 0 amide bonds. The summed E-state index contributed by atoms with van der Waals surface area (Å²) in [5, 5.41) is 3.49. The average Bonchev–Trinajstić information content (AvgIpc) is 2.27. The fourth-order valence-electron chi connectivity index (χ4n) is 1.78. The number of methoxy groups -OCH3 is 1. The van der Waals surface area contributed by atoms with Crippen molar-refractivity contribution in [2.24, 2.45) is 0 Å². The van der Waals surface area contributed by atoms with E-state index in [1.165, 1.54) is 12.8 Å². The first-order valence-corrected chi connectivity index (χ1v) is 6.23. The molecule has 0 rings (SSSR count). The Labute approximate surface area is 95.2 Å². The van der Waals surface area contributed by atoms with E-state index in [4.69, 9.17) is 4.74 Å². The van der Waals surface area contributed by atoms with Crippen molar-refractivity contribution in [1.82, 2.24) is 10.2 Å². The average molecular weight is 216 g/mol. The normalized spacial score (nSPS) is 13.4. The molecule has 1 unspecified atom stereocenters. The molecule has 0 saturated heterocycles. The van der Waals surface area contributed by atoms with E-state index in [2.05, 4.69) is 31.0 Å². The van der Waals surface area contributed by atoms with Crippen molar-refractivity contribution in [3.8, 4) is 0 Å². The summed E-state index contributed by atoms with van der Waals surface area (Å²) in [6, 6.07) is 0.650. The Balaban J connectivity index is 3.85. The van der Waals surface area contributed by atoms with Gasteiger partial charge in [0.15, 0.2) is 0 Å². The maximum Gasteiger partial charge on any atom is 0.0589 e. The van der Waals surface area contributed by atoms with E-state index in [-0.39, 0.29) is 0 Å². The van der Waals surface area contributed by atoms with E-state index < -0.39 is 0 Å². The largest absolute Gasteiger partial charge is 0.383 e. The summed E-state index contributed by atoms with van der Waals surface area (Å²) in [6.07, 6.45) is 2.41. The topological polar surface area (TPSA) is 24.5 Å². The minimum atomic E-state index is 0.650. The molecule has 0 aromatic carbocycles. The third kappa shape index (κ3) is 6.88. The Bertz CT molecular complexity index is 131. The second-order valence-corrected chi connectivity index (χ2v) is 3.89. The van der Waals surface area contributed by atoms with Gasteiger partial charge in [-0.3, -0.25) is 4.90 Å². The Morgan fingerprint density at radius 2 is 2.00 bits per heavy atom. The van der Waals surface area contributed by atoms with Crippen molar-refractivity contribution in [1.29, 1.82) is 0 Å². The molecule has 0 aromatic rings. The van der Waals surface area contributed by atoms with Crippen LogP contribution in [0.15, 0.2) is 0 Å². The molecule has 3 nitrogen and oxygen atoms in total. The minimum Gasteiger partial charge on any atom is -0.383 e. The van der Waals surface area contributed by atoms with Crippen LogP contribution in [0.1, 0.15) is 33.6 Å². The molecule has 0 aliphatic heterocycles. The van der Waals surface area contributed by atoms with Gasteiger partial charge in [0.1, 0.15) is 0 Å². The summed E-state index contributed by atoms with van der Waals surface area (Å²) in [4.78, 5) is 2.49. The zero-order valence-corrected chi connectivity index (χ0v) is 10.9. The van der Waals surface area contributed by atoms with Crippen LogP contribution in [0.25, 0.3) is 0 Å². The summed E-state index contributed by atoms with van der Waals surface area (Å²) >= 11 is 0. The van der Waals surface area contributed by atoms with Crippen molar-refractivity contribution < 1.29 is 4.74 Å². The lowest BCUT2D eigenvalue weighted by atomic mass is 10.2. The molecule has 0 aliphatic carbocycles. The molecule has 3 heteroatoms. The van der Waals surface area contributed by atoms with Gasteiger partial charge >= 0.3 is 0 Å². The highest BCUT2D eigenvalue weighted by molar-refractivity contribution is 4.71. The van der Waals surface area contributed by atoms with Crippen LogP contribution < -0.4 is 5.32 Å². The number of hydrogen-bond acceptors (Lipinski definition) is 3. The quantitative estimate of drug-likeness (QED) is 0.563. The zero-order chi connectivity index (χ0) is 11.5. The van der Waals surface area contributed by atoms with Crippen LogP contribution in [-0.4, -0.2) is 50.8 Å². The SMILES string of the molecule is CCCNCC(CC)N(CC)CCOC. The predicted octanol–water partition coefficient (Wildman–Crippen LogP) is 1.73. The molecule has 0 radical (unpaired) electrons. The van der Waals surface area contributed by atoms with E-state index in [9.17, 15) is 0 Å². The summed E-state index contributed by atoms with van der Waals surface area (Å²) in [6.45, 7) is 11.9. The molecule has 1 N–H and O–H groups in total. The third-order valence-electron chi connectivity index (χ3n) is 2.78. The Kier molecular flexibility index (Phi) is 10.3. The highest BCUT2D eigenvalue weighted by Crippen LogP contribution is 2.02. The first-order valence-electron chi connectivity index (χ1n) is 6.23. The molecule has 0 saturated carbocycles. The first kappa shape index (κ1) is 14.9. The minimum absolute atomic E-state index is 0.650. The van der Waals surface area contributed by atoms with Gasteiger partial charge in [-0.2, -0.15) is 0 Å². The van der Waals surface area contributed by atoms with Crippen molar-refractivity contribution >= 4 is 0 Å². The monoisotopic (exact) mass is 216 g/mol. The second-order valence-electron chi connectivity index (χ2n) is 3.89. The van der Waals surface area contributed by atoms with E-state index in [0.717, 1.165) is 32.8 Å². The Morgan fingerprint density at radius 3 is 2.47 bits per heavy atom. The molecule has 0 spiro atoms. The van der Waals surface area contributed by atoms with E-state index >= 15 is 0 Å². The van der Waals surface area contributed by atoms with Gasteiger partial charge in [0, 0.05) is 26.2 Å². The van der Waals surface area contributed by atoms with Gasteiger partial charge in [-0.05, 0) is 25.9 Å². The van der Waals surface area contributed by atoms with Crippen LogP contribution in [0.2, 0.25) is 0 Å². The molecule has 0 heterocycles. The fourth-order valence-corrected chi connectivity index (χ4v) is 1.78. The van der Waals surface area contributed by atoms with E-state index in [0.29, 0.717) is 6.04 Å². The van der Waals surface area contributed by atoms with Crippen molar-refractivity contribution in [2.45, 2.75) is 39.7 Å². The maximum absolute atomic E-state index is 5.13. The maximum atomic E-state index is 5.13. The number of nitrogens with one attached hydrogen (secondary N) is 1. The third-order valence-corrected chi connectivity index (χ3v) is 2.78. The molecule has 1 atom stereocenters. The van der Waals surface area contributed by atoms with Crippen LogP contribution in [0.3, 0.4) is 0 Å². The summed E-state index contributed by atoms with van der Waals surface area (Å²) < 4.78 is 5.13. The standard InChI is InChI=1S/C12H28N2O/c1-5-8-13-11-12(6-2)14(7-3)9-10-15-4/h12-13H,5-11H2,1-4H3. The number of ether oxygens (including phenoxy) is 1. The lowest BCUT2D eigenvalue weighted by Gasteiger charge is -2.30. The Morgan fingerprint density at radius 1 is 1.27 bits per heavy atom. The first-order chi connectivity index (χ1) is 7.29. The summed E-state index contributed by atoms with van der Waals surface area (Å²) in [5.41, 5.74) is 0. The van der Waals surface area contributed by atoms with Crippen molar-refractivity contribution in [3.63, 3.8) is 0 Å². The highest BCUT2D eigenvalue weighted by atomic mass is 16.5. The van der Waals surface area contributed by atoms with Crippen LogP contribution in [0.5, 0.6) is 0 Å². The van der Waals surface area contributed by atoms with Crippen LogP contribution in [0.4, 0.5) is 0 Å². The van der Waals surface area contributed by atoms with E-state index in [1.54, 1.807) is 7.11 Å². The number of rotatable bonds is 10. The zero-order valence-electron chi connectivity index (χ0n) is 10.9. The summed E-state index contributed by atoms with van der Waals surface area (Å²) in [7, 11) is 1.77. The fraction of sp³-hybridized carbons (Fsp3) is 1.00. The lowest BCUT2D eigenvalue weighted by molar-refractivity contribution is 0.120. The van der Waals surface area contributed by atoms with Gasteiger partial charge in [-0.25, -0.2) is 0 Å². The number of hydrogen-bond donors (Lipinski definition) is 1. The van der Waals surface area contributed by atoms with Crippen LogP contribution in [0, 0.1) is 0 Å². The van der Waals surface area contributed by atoms with Crippen LogP contribution >= 0.6 is 0 Å². The van der Waals surface area contributed by atoms with Gasteiger partial charge in [0.2, 0.25) is 0 Å². The smallest absolute Gasteiger partial charge is 0.0589 e. The second kappa shape index (κ2) is 10.4. The molecule has 15 heavy (non-hydrogen) atoms. The van der Waals surface area contributed by atoms with Crippen LogP contribution in [-0.2, 0) is 4.74 Å². The van der Waals surface area contributed by atoms with Gasteiger partial charge in [-0.1, -0.05) is 20.8 Å². The lowest BCUT2D eigenvalue weighted by Crippen LogP contribution is -2.43. The van der Waals surface area contributed by atoms with E-state index in [1.807, 2.05) is 0 Å². The molecule has 0 bridgehead atoms. The highest BCUT2D eigenvalue weighted by Gasteiger charge is 2.13. The molecule has 0 fully saturated rings. The van der Waals surface area contributed by atoms with Gasteiger partial charge in [-0.15, -0.1) is 0 Å². The summed E-state index contributed by atoms with van der Waals surface area (Å²) in [5.74, 6) is 0. The Hall–Kier alpha value is -0.120.